The van der Waals surface area contributed by atoms with Crippen LogP contribution < -0.4 is 4.90 Å². The summed E-state index contributed by atoms with van der Waals surface area (Å²) in [6, 6.07) is 65.5. The van der Waals surface area contributed by atoms with Crippen molar-refractivity contribution in [2.24, 2.45) is 0 Å². The molecule has 0 atom stereocenters. The molecule has 0 saturated heterocycles. The van der Waals surface area contributed by atoms with Crippen LogP contribution in [-0.4, -0.2) is 20.7 Å². The first kappa shape index (κ1) is 34.0. The first-order valence-corrected chi connectivity index (χ1v) is 19.2. The van der Waals surface area contributed by atoms with E-state index in [-0.39, 0.29) is 11.6 Å². The number of ketones is 2. The molecule has 2 heterocycles. The third-order valence-corrected chi connectivity index (χ3v) is 11.1. The molecule has 0 radical (unpaired) electrons. The fourth-order valence-electron chi connectivity index (χ4n) is 8.33. The lowest BCUT2D eigenvalue weighted by Gasteiger charge is -2.26. The molecule has 10 aromatic rings. The molecule has 0 fully saturated rings. The Morgan fingerprint density at radius 2 is 0.754 bits per heavy atom. The van der Waals surface area contributed by atoms with Crippen LogP contribution in [0.2, 0.25) is 0 Å². The molecule has 10 rings (SSSR count). The molecule has 0 saturated carbocycles. The van der Waals surface area contributed by atoms with E-state index in [1.165, 1.54) is 5.56 Å². The Balaban J connectivity index is 1.17. The van der Waals surface area contributed by atoms with Crippen molar-refractivity contribution in [2.45, 2.75) is 13.8 Å². The lowest BCUT2D eigenvalue weighted by Crippen LogP contribution is -2.10. The Bertz CT molecular complexity index is 2980. The number of Topliss-reactive ketones (excluding diaryl/α,β-unsaturated/α-hetero) is 2. The summed E-state index contributed by atoms with van der Waals surface area (Å²) < 4.78 is 4.56. The molecule has 0 unspecified atom stereocenters. The predicted octanol–water partition coefficient (Wildman–Crippen LogP) is 13.4. The summed E-state index contributed by atoms with van der Waals surface area (Å²) in [5, 5.41) is 4.57. The van der Waals surface area contributed by atoms with Crippen LogP contribution >= 0.6 is 0 Å². The van der Waals surface area contributed by atoms with Crippen LogP contribution in [0.25, 0.3) is 66.1 Å². The third kappa shape index (κ3) is 5.80. The van der Waals surface area contributed by atoms with Crippen LogP contribution in [0.3, 0.4) is 0 Å². The number of hydrogen-bond acceptors (Lipinski definition) is 3. The minimum Gasteiger partial charge on any atom is -0.310 e. The Morgan fingerprint density at radius 3 is 1.21 bits per heavy atom. The molecule has 5 nitrogen and oxygen atoms in total. The standard InChI is InChI=1S/C52H37N3O2/c1-34(56)36-16-22-41(23-17-36)54-49-14-8-6-12-45(49)47-32-43(28-30-51(47)54)53(40-26-20-39(21-27-40)38-10-4-3-5-11-38)44-29-31-52-48(33-44)46-13-7-9-15-50(46)55(52)42-24-18-37(19-25-42)35(2)57/h3-33H,1-2H3. The van der Waals surface area contributed by atoms with E-state index in [2.05, 4.69) is 147 Å². The van der Waals surface area contributed by atoms with Crippen molar-refractivity contribution in [3.8, 4) is 22.5 Å². The van der Waals surface area contributed by atoms with Crippen molar-refractivity contribution in [3.05, 3.63) is 199 Å². The van der Waals surface area contributed by atoms with E-state index in [9.17, 15) is 9.59 Å². The number of nitrogens with zero attached hydrogens (tertiary/aromatic N) is 3. The van der Waals surface area contributed by atoms with Gasteiger partial charge in [-0.25, -0.2) is 0 Å². The summed E-state index contributed by atoms with van der Waals surface area (Å²) in [4.78, 5) is 26.6. The number of hydrogen-bond donors (Lipinski definition) is 0. The molecule has 57 heavy (non-hydrogen) atoms. The monoisotopic (exact) mass is 735 g/mol. The predicted molar refractivity (Wildman–Crippen MR) is 235 cm³/mol. The van der Waals surface area contributed by atoms with E-state index in [1.807, 2.05) is 54.6 Å². The van der Waals surface area contributed by atoms with Crippen LogP contribution in [0.1, 0.15) is 34.6 Å². The van der Waals surface area contributed by atoms with E-state index in [0.29, 0.717) is 11.1 Å². The molecule has 0 aliphatic rings. The summed E-state index contributed by atoms with van der Waals surface area (Å²) >= 11 is 0. The van der Waals surface area contributed by atoms with Crippen molar-refractivity contribution in [2.75, 3.05) is 4.90 Å². The van der Waals surface area contributed by atoms with Crippen LogP contribution in [0.4, 0.5) is 17.1 Å². The summed E-state index contributed by atoms with van der Waals surface area (Å²) in [6.45, 7) is 3.20. The molecule has 8 aromatic carbocycles. The topological polar surface area (TPSA) is 47.2 Å². The zero-order valence-corrected chi connectivity index (χ0v) is 31.6. The number of rotatable bonds is 8. The smallest absolute Gasteiger partial charge is 0.159 e. The highest BCUT2D eigenvalue weighted by Crippen LogP contribution is 2.42. The quantitative estimate of drug-likeness (QED) is 0.146. The Morgan fingerprint density at radius 1 is 0.368 bits per heavy atom. The summed E-state index contributed by atoms with van der Waals surface area (Å²) in [6.07, 6.45) is 0. The number of benzene rings is 8. The van der Waals surface area contributed by atoms with Crippen LogP contribution in [0.15, 0.2) is 188 Å². The molecular formula is C52H37N3O2. The largest absolute Gasteiger partial charge is 0.310 e. The number of carbonyl (C=O) groups excluding carboxylic acids is 2. The second-order valence-electron chi connectivity index (χ2n) is 14.6. The van der Waals surface area contributed by atoms with E-state index in [0.717, 1.165) is 77.6 Å². The second-order valence-corrected chi connectivity index (χ2v) is 14.6. The number of aromatic nitrogens is 2. The molecule has 0 aliphatic carbocycles. The SMILES string of the molecule is CC(=O)c1ccc(-n2c3ccccc3c3cc(N(c4ccc(-c5ccccc5)cc4)c4ccc5c(c4)c4ccccc4n5-c4ccc(C(C)=O)cc4)ccc32)cc1. The maximum absolute atomic E-state index is 12.1. The van der Waals surface area contributed by atoms with Crippen molar-refractivity contribution >= 4 is 72.2 Å². The Hall–Kier alpha value is -7.50. The molecule has 0 N–H and O–H groups in total. The Labute approximate surface area is 330 Å². The zero-order chi connectivity index (χ0) is 38.6. The zero-order valence-electron chi connectivity index (χ0n) is 31.6. The molecule has 5 heteroatoms. The van der Waals surface area contributed by atoms with Gasteiger partial charge in [0.25, 0.3) is 0 Å². The molecule has 272 valence electrons. The second kappa shape index (κ2) is 13.7. The highest BCUT2D eigenvalue weighted by atomic mass is 16.1. The van der Waals surface area contributed by atoms with Crippen molar-refractivity contribution in [1.82, 2.24) is 9.13 Å². The lowest BCUT2D eigenvalue weighted by atomic mass is 10.0. The van der Waals surface area contributed by atoms with Crippen LogP contribution in [-0.2, 0) is 0 Å². The molecule has 0 aliphatic heterocycles. The van der Waals surface area contributed by atoms with Gasteiger partial charge in [-0.15, -0.1) is 0 Å². The summed E-state index contributed by atoms with van der Waals surface area (Å²) in [7, 11) is 0. The maximum atomic E-state index is 12.1. The highest BCUT2D eigenvalue weighted by Gasteiger charge is 2.20. The molecule has 0 amide bonds. The first-order valence-electron chi connectivity index (χ1n) is 19.2. The molecule has 2 aromatic heterocycles. The summed E-state index contributed by atoms with van der Waals surface area (Å²) in [5.41, 5.74) is 13.2. The fourth-order valence-corrected chi connectivity index (χ4v) is 8.33. The molecule has 0 bridgehead atoms. The summed E-state index contributed by atoms with van der Waals surface area (Å²) in [5.74, 6) is 0.104. The van der Waals surface area contributed by atoms with Gasteiger partial charge >= 0.3 is 0 Å². The fraction of sp³-hybridized carbons (Fsp3) is 0.0385. The first-order chi connectivity index (χ1) is 27.9. The van der Waals surface area contributed by atoms with Gasteiger partial charge in [-0.3, -0.25) is 9.59 Å². The van der Waals surface area contributed by atoms with E-state index in [1.54, 1.807) is 13.8 Å². The third-order valence-electron chi connectivity index (χ3n) is 11.1. The Kier molecular flexibility index (Phi) is 8.15. The van der Waals surface area contributed by atoms with Crippen molar-refractivity contribution in [1.29, 1.82) is 0 Å². The van der Waals surface area contributed by atoms with Crippen LogP contribution in [0, 0.1) is 0 Å². The van der Waals surface area contributed by atoms with Gasteiger partial charge in [-0.1, -0.05) is 78.9 Å². The number of anilines is 3. The van der Waals surface area contributed by atoms with Gasteiger partial charge in [0, 0.05) is 61.1 Å². The number of carbonyl (C=O) groups is 2. The average molecular weight is 736 g/mol. The van der Waals surface area contributed by atoms with Gasteiger partial charge in [0.05, 0.1) is 22.1 Å². The van der Waals surface area contributed by atoms with Gasteiger partial charge in [-0.05, 0) is 134 Å². The number of fused-ring (bicyclic) bond motifs is 6. The molecular weight excluding hydrogens is 699 g/mol. The van der Waals surface area contributed by atoms with Crippen molar-refractivity contribution in [3.63, 3.8) is 0 Å². The van der Waals surface area contributed by atoms with Crippen LogP contribution in [0.5, 0.6) is 0 Å². The van der Waals surface area contributed by atoms with Crippen molar-refractivity contribution < 1.29 is 9.59 Å². The van der Waals surface area contributed by atoms with Gasteiger partial charge < -0.3 is 14.0 Å². The maximum Gasteiger partial charge on any atom is 0.159 e. The van der Waals surface area contributed by atoms with Gasteiger partial charge in [0.2, 0.25) is 0 Å². The highest BCUT2D eigenvalue weighted by molar-refractivity contribution is 6.12. The lowest BCUT2D eigenvalue weighted by molar-refractivity contribution is 0.100. The number of para-hydroxylation sites is 2. The average Bonchev–Trinajstić information content (AvgIpc) is 3.77. The normalized spacial score (nSPS) is 11.5. The molecule has 0 spiro atoms. The van der Waals surface area contributed by atoms with E-state index >= 15 is 0 Å². The van der Waals surface area contributed by atoms with E-state index < -0.39 is 0 Å². The minimum atomic E-state index is 0.0522. The van der Waals surface area contributed by atoms with Gasteiger partial charge in [0.15, 0.2) is 11.6 Å². The van der Waals surface area contributed by atoms with Gasteiger partial charge in [-0.2, -0.15) is 0 Å². The van der Waals surface area contributed by atoms with Gasteiger partial charge in [0.1, 0.15) is 0 Å². The van der Waals surface area contributed by atoms with E-state index in [4.69, 9.17) is 0 Å². The minimum absolute atomic E-state index is 0.0522.